The maximum Gasteiger partial charge on any atom is 0.245 e. The van der Waals surface area contributed by atoms with E-state index in [9.17, 15) is 25.7 Å². The second kappa shape index (κ2) is 3.45. The molecule has 3 atom stereocenters. The molecular weight excluding hydrogens is 232 g/mol. The molecule has 1 saturated heterocycles. The number of carbonyl (C=O) groups excluding carboxylic acids is 1. The summed E-state index contributed by atoms with van der Waals surface area (Å²) >= 11 is 0. The van der Waals surface area contributed by atoms with E-state index in [2.05, 4.69) is 5.32 Å². The van der Waals surface area contributed by atoms with Gasteiger partial charge >= 0.3 is 0 Å². The van der Waals surface area contributed by atoms with Crippen LogP contribution in [0.1, 0.15) is 26.2 Å². The van der Waals surface area contributed by atoms with Crippen molar-refractivity contribution >= 4 is 5.91 Å². The smallest absolute Gasteiger partial charge is 0.245 e. The van der Waals surface area contributed by atoms with E-state index in [0.717, 1.165) is 0 Å². The number of carbonyl (C=O) groups is 1. The van der Waals surface area contributed by atoms with Crippen LogP contribution in [-0.2, 0) is 4.79 Å². The normalized spacial score (nSPS) is 40.2. The molecule has 6 heteroatoms. The van der Waals surface area contributed by atoms with E-state index in [4.69, 9.17) is 0 Å². The molecule has 2 N–H and O–H groups in total. The number of nitriles is 3. The molecule has 1 saturated carbocycles. The lowest BCUT2D eigenvalue weighted by atomic mass is 9.52. The Hall–Kier alpha value is -2.10. The molecule has 0 radical (unpaired) electrons. The van der Waals surface area contributed by atoms with Gasteiger partial charge in [-0.05, 0) is 5.92 Å². The zero-order valence-corrected chi connectivity index (χ0v) is 9.90. The second-order valence-electron chi connectivity index (χ2n) is 5.02. The predicted molar refractivity (Wildman–Crippen MR) is 57.8 cm³/mol. The van der Waals surface area contributed by atoms with Crippen molar-refractivity contribution in [2.24, 2.45) is 16.7 Å². The van der Waals surface area contributed by atoms with E-state index >= 15 is 0 Å². The van der Waals surface area contributed by atoms with Gasteiger partial charge in [-0.1, -0.05) is 13.3 Å². The summed E-state index contributed by atoms with van der Waals surface area (Å²) in [4.78, 5) is 12.0. The third kappa shape index (κ3) is 1.10. The van der Waals surface area contributed by atoms with Crippen LogP contribution in [0.2, 0.25) is 0 Å². The average Bonchev–Trinajstić information content (AvgIpc) is 2.59. The number of fused-ring (bicyclic) bond motifs is 2. The summed E-state index contributed by atoms with van der Waals surface area (Å²) in [6.07, 6.45) is 0.370. The van der Waals surface area contributed by atoms with Crippen molar-refractivity contribution in [1.82, 2.24) is 5.32 Å². The summed E-state index contributed by atoms with van der Waals surface area (Å²) < 4.78 is 0. The van der Waals surface area contributed by atoms with E-state index in [0.29, 0.717) is 6.42 Å². The molecular formula is C12H12N4O2. The van der Waals surface area contributed by atoms with Crippen LogP contribution in [0.3, 0.4) is 0 Å². The van der Waals surface area contributed by atoms with Crippen LogP contribution in [0.25, 0.3) is 0 Å². The zero-order valence-electron chi connectivity index (χ0n) is 9.90. The van der Waals surface area contributed by atoms with Crippen molar-refractivity contribution in [3.63, 3.8) is 0 Å². The number of rotatable bonds is 1. The molecule has 92 valence electrons. The highest BCUT2D eigenvalue weighted by molar-refractivity contribution is 5.91. The van der Waals surface area contributed by atoms with Crippen LogP contribution >= 0.6 is 0 Å². The molecule has 2 bridgehead atoms. The maximum absolute atomic E-state index is 12.0. The Balaban J connectivity index is 2.71. The lowest BCUT2D eigenvalue weighted by molar-refractivity contribution is -0.128. The summed E-state index contributed by atoms with van der Waals surface area (Å²) in [7, 11) is 0. The van der Waals surface area contributed by atoms with Crippen molar-refractivity contribution in [2.75, 3.05) is 0 Å². The molecule has 0 aromatic heterocycles. The van der Waals surface area contributed by atoms with E-state index in [1.54, 1.807) is 6.92 Å². The van der Waals surface area contributed by atoms with Crippen molar-refractivity contribution in [2.45, 2.75) is 31.9 Å². The molecule has 1 aliphatic heterocycles. The minimum Gasteiger partial charge on any atom is -0.371 e. The first-order valence-electron chi connectivity index (χ1n) is 5.72. The van der Waals surface area contributed by atoms with Gasteiger partial charge in [-0.2, -0.15) is 15.8 Å². The topological polar surface area (TPSA) is 121 Å². The average molecular weight is 244 g/mol. The highest BCUT2D eigenvalue weighted by Gasteiger charge is 2.73. The number of nitrogens with zero attached hydrogens (tertiary/aromatic N) is 3. The number of nitrogens with one attached hydrogen (secondary N) is 1. The molecule has 1 aliphatic carbocycles. The van der Waals surface area contributed by atoms with Gasteiger partial charge in [0.05, 0.1) is 18.2 Å². The van der Waals surface area contributed by atoms with Gasteiger partial charge in [-0.3, -0.25) is 4.79 Å². The molecule has 2 rings (SSSR count). The van der Waals surface area contributed by atoms with Crippen molar-refractivity contribution in [1.29, 1.82) is 15.8 Å². The van der Waals surface area contributed by atoms with Gasteiger partial charge < -0.3 is 10.4 Å². The Kier molecular flexibility index (Phi) is 2.37. The van der Waals surface area contributed by atoms with Crippen LogP contribution < -0.4 is 5.32 Å². The molecule has 6 nitrogen and oxygen atoms in total. The van der Waals surface area contributed by atoms with E-state index in [1.165, 1.54) is 0 Å². The van der Waals surface area contributed by atoms with Crippen LogP contribution in [0, 0.1) is 50.7 Å². The van der Waals surface area contributed by atoms with Crippen molar-refractivity contribution in [3.05, 3.63) is 0 Å². The Labute approximate surface area is 104 Å². The SMILES string of the molecule is CCC1CC2(O)CC(C#N)(C(=O)N2)C1(C#N)C#N. The fourth-order valence-electron chi connectivity index (χ4n) is 3.26. The fraction of sp³-hybridized carbons (Fsp3) is 0.667. The van der Waals surface area contributed by atoms with Gasteiger partial charge in [0.25, 0.3) is 0 Å². The van der Waals surface area contributed by atoms with Gasteiger partial charge in [-0.15, -0.1) is 0 Å². The molecule has 18 heavy (non-hydrogen) atoms. The third-order valence-electron chi connectivity index (χ3n) is 4.20. The molecule has 0 aromatic rings. The first kappa shape index (κ1) is 12.4. The van der Waals surface area contributed by atoms with Crippen LogP contribution in [-0.4, -0.2) is 16.7 Å². The molecule has 2 aliphatic rings. The summed E-state index contributed by atoms with van der Waals surface area (Å²) in [5.74, 6) is -1.23. The molecule has 1 amide bonds. The Morgan fingerprint density at radius 2 is 2.00 bits per heavy atom. The van der Waals surface area contributed by atoms with Crippen LogP contribution in [0.15, 0.2) is 0 Å². The monoisotopic (exact) mass is 244 g/mol. The Morgan fingerprint density at radius 1 is 1.39 bits per heavy atom. The first-order chi connectivity index (χ1) is 8.43. The number of aliphatic hydroxyl groups is 1. The third-order valence-corrected chi connectivity index (χ3v) is 4.20. The highest BCUT2D eigenvalue weighted by atomic mass is 16.3. The summed E-state index contributed by atoms with van der Waals surface area (Å²) in [6.45, 7) is 1.78. The van der Waals surface area contributed by atoms with E-state index < -0.39 is 28.4 Å². The van der Waals surface area contributed by atoms with Gasteiger partial charge in [-0.25, -0.2) is 0 Å². The standard InChI is InChI=1S/C12H12N4O2/c1-2-8-3-12(18)4-10(5-13,9(17)16-12)11(8,6-14)7-15/h8,18H,2-4H2,1H3,(H,16,17). The fourth-order valence-corrected chi connectivity index (χ4v) is 3.26. The van der Waals surface area contributed by atoms with Crippen LogP contribution in [0.4, 0.5) is 0 Å². The quantitative estimate of drug-likeness (QED) is 0.681. The molecule has 0 aromatic carbocycles. The molecule has 3 unspecified atom stereocenters. The van der Waals surface area contributed by atoms with Crippen molar-refractivity contribution in [3.8, 4) is 18.2 Å². The van der Waals surface area contributed by atoms with E-state index in [1.807, 2.05) is 18.2 Å². The summed E-state index contributed by atoms with van der Waals surface area (Å²) in [6, 6.07) is 5.58. The van der Waals surface area contributed by atoms with Crippen LogP contribution in [0.5, 0.6) is 0 Å². The minimum absolute atomic E-state index is 0.125. The largest absolute Gasteiger partial charge is 0.371 e. The zero-order chi connectivity index (χ0) is 13.6. The Bertz CT molecular complexity index is 524. The first-order valence-corrected chi connectivity index (χ1v) is 5.72. The number of hydrogen-bond acceptors (Lipinski definition) is 5. The maximum atomic E-state index is 12.0. The Morgan fingerprint density at radius 3 is 2.44 bits per heavy atom. The molecule has 1 heterocycles. The summed E-state index contributed by atoms with van der Waals surface area (Å²) in [5.41, 5.74) is -4.93. The highest BCUT2D eigenvalue weighted by Crippen LogP contribution is 2.59. The predicted octanol–water partition coefficient (Wildman–Crippen LogP) is 0.168. The minimum atomic E-state index is -1.77. The lowest BCUT2D eigenvalue weighted by Gasteiger charge is -2.43. The van der Waals surface area contributed by atoms with Gasteiger partial charge in [0.15, 0.2) is 10.8 Å². The number of hydrogen-bond donors (Lipinski definition) is 2. The lowest BCUT2D eigenvalue weighted by Crippen LogP contribution is -2.53. The van der Waals surface area contributed by atoms with Gasteiger partial charge in [0.2, 0.25) is 5.91 Å². The number of amides is 1. The summed E-state index contributed by atoms with van der Waals surface area (Å²) in [5, 5.41) is 40.7. The molecule has 2 fully saturated rings. The molecule has 0 spiro atoms. The van der Waals surface area contributed by atoms with Crippen molar-refractivity contribution < 1.29 is 9.90 Å². The van der Waals surface area contributed by atoms with Gasteiger partial charge in [0.1, 0.15) is 5.72 Å². The van der Waals surface area contributed by atoms with Gasteiger partial charge in [0, 0.05) is 12.8 Å². The second-order valence-corrected chi connectivity index (χ2v) is 5.02. The van der Waals surface area contributed by atoms with E-state index in [-0.39, 0.29) is 12.8 Å².